The molecule has 1 aromatic carbocycles. The van der Waals surface area contributed by atoms with Gasteiger partial charge in [0.15, 0.2) is 5.82 Å². The molecule has 0 spiro atoms. The summed E-state index contributed by atoms with van der Waals surface area (Å²) < 4.78 is 27.6. The lowest BCUT2D eigenvalue weighted by Gasteiger charge is -2.04. The Labute approximate surface area is 109 Å². The average Bonchev–Trinajstić information content (AvgIpc) is 2.68. The Balaban J connectivity index is 2.29. The second-order valence-corrected chi connectivity index (χ2v) is 4.58. The minimum Gasteiger partial charge on any atom is -0.368 e. The Morgan fingerprint density at radius 1 is 1.37 bits per heavy atom. The van der Waals surface area contributed by atoms with E-state index in [0.717, 1.165) is 16.8 Å². The minimum atomic E-state index is -0.744. The molecule has 7 heteroatoms. The molecule has 0 bridgehead atoms. The van der Waals surface area contributed by atoms with E-state index in [9.17, 15) is 8.78 Å². The predicted molar refractivity (Wildman–Crippen MR) is 69.0 cm³/mol. The number of hydrogen-bond acceptors (Lipinski definition) is 4. The van der Waals surface area contributed by atoms with Gasteiger partial charge in [-0.3, -0.25) is 0 Å². The molecule has 3 N–H and O–H groups in total. The third-order valence-electron chi connectivity index (χ3n) is 2.44. The SMILES string of the molecule is CC(C)CNc1nc(N)n(-c2ccc(F)cc2F)n1. The first-order valence-corrected chi connectivity index (χ1v) is 5.89. The number of anilines is 2. The molecule has 0 saturated heterocycles. The second-order valence-electron chi connectivity index (χ2n) is 4.58. The summed E-state index contributed by atoms with van der Waals surface area (Å²) >= 11 is 0. The highest BCUT2D eigenvalue weighted by Crippen LogP contribution is 2.18. The zero-order chi connectivity index (χ0) is 14.0. The lowest BCUT2D eigenvalue weighted by atomic mass is 10.2. The molecular weight excluding hydrogens is 252 g/mol. The average molecular weight is 267 g/mol. The molecule has 0 amide bonds. The van der Waals surface area contributed by atoms with Crippen molar-refractivity contribution in [1.29, 1.82) is 0 Å². The summed E-state index contributed by atoms with van der Waals surface area (Å²) in [5, 5.41) is 7.04. The maximum atomic E-state index is 13.6. The number of rotatable bonds is 4. The Kier molecular flexibility index (Phi) is 3.64. The normalized spacial score (nSPS) is 11.0. The molecule has 0 radical (unpaired) electrons. The minimum absolute atomic E-state index is 0.0387. The maximum absolute atomic E-state index is 13.6. The molecule has 0 unspecified atom stereocenters. The summed E-state index contributed by atoms with van der Waals surface area (Å²) in [6.45, 7) is 4.75. The van der Waals surface area contributed by atoms with Gasteiger partial charge in [-0.05, 0) is 18.1 Å². The van der Waals surface area contributed by atoms with Gasteiger partial charge in [0.1, 0.15) is 11.5 Å². The molecule has 2 rings (SSSR count). The lowest BCUT2D eigenvalue weighted by molar-refractivity contribution is 0.574. The first-order valence-electron chi connectivity index (χ1n) is 5.89. The number of nitrogen functional groups attached to an aromatic ring is 1. The van der Waals surface area contributed by atoms with Crippen molar-refractivity contribution in [3.8, 4) is 5.69 Å². The van der Waals surface area contributed by atoms with Crippen LogP contribution in [0, 0.1) is 17.6 Å². The number of aromatic nitrogens is 3. The molecule has 1 aromatic heterocycles. The van der Waals surface area contributed by atoms with E-state index in [1.807, 2.05) is 13.8 Å². The van der Waals surface area contributed by atoms with Crippen LogP contribution in [-0.2, 0) is 0 Å². The lowest BCUT2D eigenvalue weighted by Crippen LogP contribution is -2.09. The van der Waals surface area contributed by atoms with Crippen molar-refractivity contribution >= 4 is 11.9 Å². The van der Waals surface area contributed by atoms with Crippen LogP contribution in [-0.4, -0.2) is 21.3 Å². The van der Waals surface area contributed by atoms with Crippen molar-refractivity contribution in [2.75, 3.05) is 17.6 Å². The molecule has 0 saturated carbocycles. The van der Waals surface area contributed by atoms with Gasteiger partial charge in [0.2, 0.25) is 11.9 Å². The molecule has 0 atom stereocenters. The number of nitrogens with one attached hydrogen (secondary N) is 1. The van der Waals surface area contributed by atoms with Crippen LogP contribution in [0.4, 0.5) is 20.7 Å². The van der Waals surface area contributed by atoms with Crippen molar-refractivity contribution in [3.05, 3.63) is 29.8 Å². The number of hydrogen-bond donors (Lipinski definition) is 2. The third-order valence-corrected chi connectivity index (χ3v) is 2.44. The van der Waals surface area contributed by atoms with Crippen LogP contribution in [0.3, 0.4) is 0 Å². The van der Waals surface area contributed by atoms with Crippen molar-refractivity contribution in [2.24, 2.45) is 5.92 Å². The van der Waals surface area contributed by atoms with Crippen LogP contribution < -0.4 is 11.1 Å². The monoisotopic (exact) mass is 267 g/mol. The van der Waals surface area contributed by atoms with E-state index >= 15 is 0 Å². The standard InChI is InChI=1S/C12H15F2N5/c1-7(2)6-16-12-17-11(15)19(18-12)10-4-3-8(13)5-9(10)14/h3-5,7H,6H2,1-2H3,(H3,15,16,17,18). The van der Waals surface area contributed by atoms with Gasteiger partial charge in [-0.15, -0.1) is 5.10 Å². The van der Waals surface area contributed by atoms with E-state index in [-0.39, 0.29) is 11.6 Å². The molecular formula is C12H15F2N5. The zero-order valence-corrected chi connectivity index (χ0v) is 10.7. The van der Waals surface area contributed by atoms with E-state index in [4.69, 9.17) is 5.73 Å². The van der Waals surface area contributed by atoms with Crippen LogP contribution in [0.2, 0.25) is 0 Å². The molecule has 19 heavy (non-hydrogen) atoms. The molecule has 1 heterocycles. The molecule has 0 aliphatic heterocycles. The molecule has 2 aromatic rings. The fourth-order valence-corrected chi connectivity index (χ4v) is 1.52. The summed E-state index contributed by atoms with van der Waals surface area (Å²) in [5.74, 6) is -0.632. The summed E-state index contributed by atoms with van der Waals surface area (Å²) in [7, 11) is 0. The maximum Gasteiger partial charge on any atom is 0.244 e. The highest BCUT2D eigenvalue weighted by molar-refractivity contribution is 5.42. The Bertz CT molecular complexity index is 579. The molecule has 0 aliphatic carbocycles. The van der Waals surface area contributed by atoms with Crippen molar-refractivity contribution < 1.29 is 8.78 Å². The van der Waals surface area contributed by atoms with Crippen LogP contribution in [0.15, 0.2) is 18.2 Å². The predicted octanol–water partition coefficient (Wildman–Crippen LogP) is 2.20. The first kappa shape index (κ1) is 13.3. The Morgan fingerprint density at radius 3 is 2.74 bits per heavy atom. The van der Waals surface area contributed by atoms with Crippen LogP contribution in [0.5, 0.6) is 0 Å². The van der Waals surface area contributed by atoms with Gasteiger partial charge < -0.3 is 11.1 Å². The third kappa shape index (κ3) is 2.98. The highest BCUT2D eigenvalue weighted by Gasteiger charge is 2.13. The molecule has 5 nitrogen and oxygen atoms in total. The Morgan fingerprint density at radius 2 is 2.11 bits per heavy atom. The smallest absolute Gasteiger partial charge is 0.244 e. The van der Waals surface area contributed by atoms with Gasteiger partial charge in [-0.1, -0.05) is 13.8 Å². The number of nitrogens with two attached hydrogens (primary N) is 1. The summed E-state index contributed by atoms with van der Waals surface area (Å²) in [5.41, 5.74) is 5.73. The van der Waals surface area contributed by atoms with Gasteiger partial charge in [0.25, 0.3) is 0 Å². The summed E-state index contributed by atoms with van der Waals surface area (Å²) in [6, 6.07) is 3.18. The zero-order valence-electron chi connectivity index (χ0n) is 10.7. The topological polar surface area (TPSA) is 68.8 Å². The van der Waals surface area contributed by atoms with Gasteiger partial charge in [-0.25, -0.2) is 8.78 Å². The van der Waals surface area contributed by atoms with E-state index in [1.165, 1.54) is 6.07 Å². The van der Waals surface area contributed by atoms with E-state index in [1.54, 1.807) is 0 Å². The molecule has 0 fully saturated rings. The first-order chi connectivity index (χ1) is 8.97. The fraction of sp³-hybridized carbons (Fsp3) is 0.333. The Hall–Kier alpha value is -2.18. The highest BCUT2D eigenvalue weighted by atomic mass is 19.1. The van der Waals surface area contributed by atoms with Crippen LogP contribution in [0.1, 0.15) is 13.8 Å². The van der Waals surface area contributed by atoms with E-state index in [0.29, 0.717) is 18.4 Å². The van der Waals surface area contributed by atoms with Gasteiger partial charge in [-0.2, -0.15) is 9.67 Å². The van der Waals surface area contributed by atoms with Crippen LogP contribution in [0.25, 0.3) is 5.69 Å². The van der Waals surface area contributed by atoms with Gasteiger partial charge in [0, 0.05) is 12.6 Å². The molecule has 0 aliphatic rings. The number of benzene rings is 1. The second kappa shape index (κ2) is 5.21. The summed E-state index contributed by atoms with van der Waals surface area (Å²) in [4.78, 5) is 3.98. The van der Waals surface area contributed by atoms with Crippen molar-refractivity contribution in [2.45, 2.75) is 13.8 Å². The van der Waals surface area contributed by atoms with Gasteiger partial charge >= 0.3 is 0 Å². The van der Waals surface area contributed by atoms with Crippen molar-refractivity contribution in [3.63, 3.8) is 0 Å². The number of halogens is 2. The number of nitrogens with zero attached hydrogens (tertiary/aromatic N) is 3. The van der Waals surface area contributed by atoms with E-state index in [2.05, 4.69) is 15.4 Å². The quantitative estimate of drug-likeness (QED) is 0.891. The summed E-state index contributed by atoms with van der Waals surface area (Å²) in [6.07, 6.45) is 0. The van der Waals surface area contributed by atoms with Crippen molar-refractivity contribution in [1.82, 2.24) is 14.8 Å². The van der Waals surface area contributed by atoms with E-state index < -0.39 is 11.6 Å². The largest absolute Gasteiger partial charge is 0.368 e. The van der Waals surface area contributed by atoms with Gasteiger partial charge in [0.05, 0.1) is 0 Å². The van der Waals surface area contributed by atoms with Crippen LogP contribution >= 0.6 is 0 Å². The molecule has 102 valence electrons. The fourth-order valence-electron chi connectivity index (χ4n) is 1.52.